The van der Waals surface area contributed by atoms with Crippen molar-refractivity contribution >= 4 is 23.2 Å². The Balaban J connectivity index is 2.11. The Hall–Kier alpha value is -2.34. The molecule has 1 aromatic carbocycles. The van der Waals surface area contributed by atoms with Gasteiger partial charge in [-0.2, -0.15) is 0 Å². The van der Waals surface area contributed by atoms with Crippen LogP contribution in [0.5, 0.6) is 5.75 Å². The van der Waals surface area contributed by atoms with Gasteiger partial charge in [-0.15, -0.1) is 0 Å². The summed E-state index contributed by atoms with van der Waals surface area (Å²) in [7, 11) is 4.09. The summed E-state index contributed by atoms with van der Waals surface area (Å²) in [6, 6.07) is 5.72. The summed E-state index contributed by atoms with van der Waals surface area (Å²) in [5, 5.41) is 10.1. The molecule has 0 saturated carbocycles. The van der Waals surface area contributed by atoms with Crippen LogP contribution in [0.1, 0.15) is 24.8 Å². The van der Waals surface area contributed by atoms with Gasteiger partial charge in [0.05, 0.1) is 6.42 Å². The summed E-state index contributed by atoms with van der Waals surface area (Å²) < 4.78 is 5.77. The summed E-state index contributed by atoms with van der Waals surface area (Å²) in [5.74, 6) is -0.321. The van der Waals surface area contributed by atoms with Crippen molar-refractivity contribution in [2.24, 2.45) is 0 Å². The first-order valence-corrected chi connectivity index (χ1v) is 8.06. The maximum absolute atomic E-state index is 10.9. The van der Waals surface area contributed by atoms with Gasteiger partial charge in [-0.25, -0.2) is 0 Å². The minimum Gasteiger partial charge on any atom is -0.490 e. The van der Waals surface area contributed by atoms with Gasteiger partial charge >= 0.3 is 5.97 Å². The van der Waals surface area contributed by atoms with Gasteiger partial charge < -0.3 is 24.5 Å². The summed E-state index contributed by atoms with van der Waals surface area (Å²) in [6.07, 6.45) is 3.79. The van der Waals surface area contributed by atoms with Crippen molar-refractivity contribution in [3.8, 4) is 5.75 Å². The number of hydrogen-bond acceptors (Lipinski definition) is 4. The minimum absolute atomic E-state index is 0.120. The number of aldehydes is 1. The molecule has 0 radical (unpaired) electrons. The molecule has 130 valence electrons. The van der Waals surface area contributed by atoms with Gasteiger partial charge in [0, 0.05) is 36.1 Å². The molecule has 6 nitrogen and oxygen atoms in total. The van der Waals surface area contributed by atoms with Gasteiger partial charge in [-0.05, 0) is 44.6 Å². The molecule has 0 aliphatic heterocycles. The highest BCUT2D eigenvalue weighted by atomic mass is 16.5. The number of rotatable bonds is 10. The average Bonchev–Trinajstić information content (AvgIpc) is 2.92. The minimum atomic E-state index is -0.933. The zero-order valence-electron chi connectivity index (χ0n) is 14.1. The smallest absolute Gasteiger partial charge is 0.307 e. The zero-order valence-corrected chi connectivity index (χ0v) is 14.1. The van der Waals surface area contributed by atoms with E-state index in [0.717, 1.165) is 30.2 Å². The highest BCUT2D eigenvalue weighted by molar-refractivity contribution is 5.84. The van der Waals surface area contributed by atoms with E-state index in [2.05, 4.69) is 9.88 Å². The first kappa shape index (κ1) is 18.0. The molecule has 1 unspecified atom stereocenters. The second kappa shape index (κ2) is 8.49. The molecule has 0 fully saturated rings. The van der Waals surface area contributed by atoms with Crippen molar-refractivity contribution < 1.29 is 19.4 Å². The van der Waals surface area contributed by atoms with E-state index in [4.69, 9.17) is 9.84 Å². The second-order valence-electron chi connectivity index (χ2n) is 6.16. The number of nitrogens with zero attached hydrogens (tertiary/aromatic N) is 1. The summed E-state index contributed by atoms with van der Waals surface area (Å²) >= 11 is 0. The average molecular weight is 332 g/mol. The van der Waals surface area contributed by atoms with Crippen LogP contribution in [0.4, 0.5) is 0 Å². The lowest BCUT2D eigenvalue weighted by atomic mass is 10.1. The topological polar surface area (TPSA) is 82.6 Å². The molecule has 0 aliphatic carbocycles. The maximum atomic E-state index is 10.9. The zero-order chi connectivity index (χ0) is 17.5. The third-order valence-electron chi connectivity index (χ3n) is 3.88. The molecule has 0 amide bonds. The van der Waals surface area contributed by atoms with Gasteiger partial charge in [0.15, 0.2) is 0 Å². The molecule has 1 aromatic heterocycles. The fourth-order valence-electron chi connectivity index (χ4n) is 2.63. The molecular weight excluding hydrogens is 308 g/mol. The van der Waals surface area contributed by atoms with Crippen molar-refractivity contribution in [3.05, 3.63) is 30.0 Å². The standard InChI is InChI=1S/C18H24N2O4/c1-20(2)8-7-13-12-19-17-10-15(5-6-16(13)17)24-14(4-3-9-21)11-18(22)23/h5-6,9-10,12,14,19H,3-4,7-8,11H2,1-2H3,(H,22,23). The molecule has 0 bridgehead atoms. The van der Waals surface area contributed by atoms with E-state index >= 15 is 0 Å². The number of carbonyl (C=O) groups excluding carboxylic acids is 1. The van der Waals surface area contributed by atoms with Crippen molar-refractivity contribution in [3.63, 3.8) is 0 Å². The van der Waals surface area contributed by atoms with Crippen molar-refractivity contribution in [2.75, 3.05) is 20.6 Å². The normalized spacial score (nSPS) is 12.5. The van der Waals surface area contributed by atoms with E-state index in [1.54, 1.807) is 0 Å². The lowest BCUT2D eigenvalue weighted by molar-refractivity contribution is -0.139. The number of nitrogens with one attached hydrogen (secondary N) is 1. The number of fused-ring (bicyclic) bond motifs is 1. The lowest BCUT2D eigenvalue weighted by Crippen LogP contribution is -2.20. The third-order valence-corrected chi connectivity index (χ3v) is 3.88. The third kappa shape index (κ3) is 5.09. The highest BCUT2D eigenvalue weighted by Gasteiger charge is 2.15. The Morgan fingerprint density at radius 2 is 2.21 bits per heavy atom. The van der Waals surface area contributed by atoms with E-state index in [9.17, 15) is 9.59 Å². The second-order valence-corrected chi connectivity index (χ2v) is 6.16. The number of aromatic nitrogens is 1. The van der Waals surface area contributed by atoms with Gasteiger partial charge in [0.1, 0.15) is 18.1 Å². The molecule has 0 spiro atoms. The van der Waals surface area contributed by atoms with E-state index < -0.39 is 12.1 Å². The Labute approximate surface area is 141 Å². The molecule has 6 heteroatoms. The first-order valence-electron chi connectivity index (χ1n) is 8.06. The highest BCUT2D eigenvalue weighted by Crippen LogP contribution is 2.25. The van der Waals surface area contributed by atoms with Crippen LogP contribution in [0.25, 0.3) is 10.9 Å². The molecule has 2 rings (SSSR count). The molecule has 0 saturated heterocycles. The molecular formula is C18H24N2O4. The Morgan fingerprint density at radius 3 is 2.88 bits per heavy atom. The quantitative estimate of drug-likeness (QED) is 0.653. The molecule has 1 atom stereocenters. The van der Waals surface area contributed by atoms with Crippen LogP contribution >= 0.6 is 0 Å². The Bertz CT molecular complexity index is 693. The Morgan fingerprint density at radius 1 is 1.42 bits per heavy atom. The maximum Gasteiger partial charge on any atom is 0.307 e. The monoisotopic (exact) mass is 332 g/mol. The van der Waals surface area contributed by atoms with Crippen LogP contribution in [0, 0.1) is 0 Å². The van der Waals surface area contributed by atoms with Gasteiger partial charge in [-0.1, -0.05) is 0 Å². The number of benzene rings is 1. The van der Waals surface area contributed by atoms with E-state index in [-0.39, 0.29) is 12.8 Å². The summed E-state index contributed by atoms with van der Waals surface area (Å²) in [4.78, 5) is 26.8. The van der Waals surface area contributed by atoms with Crippen LogP contribution in [-0.2, 0) is 16.0 Å². The first-order chi connectivity index (χ1) is 11.5. The van der Waals surface area contributed by atoms with Gasteiger partial charge in [-0.3, -0.25) is 4.79 Å². The molecule has 24 heavy (non-hydrogen) atoms. The number of H-pyrrole nitrogens is 1. The van der Waals surface area contributed by atoms with Crippen LogP contribution in [0.3, 0.4) is 0 Å². The van der Waals surface area contributed by atoms with Crippen molar-refractivity contribution in [1.29, 1.82) is 0 Å². The van der Waals surface area contributed by atoms with Crippen LogP contribution in [0.2, 0.25) is 0 Å². The molecule has 2 aromatic rings. The summed E-state index contributed by atoms with van der Waals surface area (Å²) in [5.41, 5.74) is 2.21. The number of likely N-dealkylation sites (N-methyl/N-ethyl adjacent to an activating group) is 1. The van der Waals surface area contributed by atoms with Crippen LogP contribution in [-0.4, -0.2) is 54.0 Å². The predicted molar refractivity (Wildman–Crippen MR) is 92.5 cm³/mol. The van der Waals surface area contributed by atoms with Gasteiger partial charge in [0.25, 0.3) is 0 Å². The number of ether oxygens (including phenoxy) is 1. The van der Waals surface area contributed by atoms with E-state index in [1.807, 2.05) is 38.5 Å². The fraction of sp³-hybridized carbons (Fsp3) is 0.444. The number of carbonyl (C=O) groups is 2. The lowest BCUT2D eigenvalue weighted by Gasteiger charge is -2.16. The van der Waals surface area contributed by atoms with Gasteiger partial charge in [0.2, 0.25) is 0 Å². The van der Waals surface area contributed by atoms with Crippen LogP contribution < -0.4 is 4.74 Å². The number of hydrogen-bond donors (Lipinski definition) is 2. The Kier molecular flexibility index (Phi) is 6.37. The molecule has 0 aliphatic rings. The number of carboxylic acids is 1. The SMILES string of the molecule is CN(C)CCc1c[nH]c2cc(OC(CCC=O)CC(=O)O)ccc12. The van der Waals surface area contributed by atoms with Crippen molar-refractivity contribution in [2.45, 2.75) is 31.8 Å². The van der Waals surface area contributed by atoms with Crippen molar-refractivity contribution in [1.82, 2.24) is 9.88 Å². The fourth-order valence-corrected chi connectivity index (χ4v) is 2.63. The molecule has 1 heterocycles. The largest absolute Gasteiger partial charge is 0.490 e. The predicted octanol–water partition coefficient (Wildman–Crippen LogP) is 2.47. The number of aliphatic carboxylic acids is 1. The molecule has 2 N–H and O–H groups in total. The van der Waals surface area contributed by atoms with Crippen LogP contribution in [0.15, 0.2) is 24.4 Å². The van der Waals surface area contributed by atoms with E-state index in [1.165, 1.54) is 5.56 Å². The number of carboxylic acid groups (broad SMARTS) is 1. The summed E-state index contributed by atoms with van der Waals surface area (Å²) in [6.45, 7) is 0.970. The van der Waals surface area contributed by atoms with E-state index in [0.29, 0.717) is 12.2 Å². The number of aromatic amines is 1.